The number of cyclic esters (lactones) is 1. The van der Waals surface area contributed by atoms with E-state index < -0.39 is 18.0 Å². The molecule has 0 saturated carbocycles. The van der Waals surface area contributed by atoms with Crippen molar-refractivity contribution >= 4 is 34.3 Å². The summed E-state index contributed by atoms with van der Waals surface area (Å²) < 4.78 is 32.1. The molecular weight excluding hydrogens is 454 g/mol. The highest BCUT2D eigenvalue weighted by Crippen LogP contribution is 2.30. The van der Waals surface area contributed by atoms with Crippen molar-refractivity contribution in [1.29, 1.82) is 0 Å². The third kappa shape index (κ3) is 5.75. The summed E-state index contributed by atoms with van der Waals surface area (Å²) >= 11 is 0. The van der Waals surface area contributed by atoms with E-state index in [4.69, 9.17) is 10.5 Å². The lowest BCUT2D eigenvalue weighted by atomic mass is 10.0. The monoisotopic (exact) mass is 478 g/mol. The van der Waals surface area contributed by atoms with Gasteiger partial charge in [0.2, 0.25) is 5.91 Å². The number of carbonyl (C=O) groups excluding carboxylic acids is 2. The molecule has 0 spiro atoms. The average molecular weight is 478 g/mol. The van der Waals surface area contributed by atoms with Crippen molar-refractivity contribution in [2.24, 2.45) is 0 Å². The number of H-pyrrole nitrogens is 1. The number of nitrogens with two attached hydrogens (primary N) is 1. The van der Waals surface area contributed by atoms with Crippen LogP contribution in [-0.4, -0.2) is 36.2 Å². The number of hydrogen-bond donors (Lipinski definition) is 3. The first-order valence-electron chi connectivity index (χ1n) is 10.9. The summed E-state index contributed by atoms with van der Waals surface area (Å²) in [5, 5.41) is 3.61. The van der Waals surface area contributed by atoms with Gasteiger partial charge >= 0.3 is 6.09 Å². The Hall–Kier alpha value is -4.40. The minimum Gasteiger partial charge on any atom is -0.442 e. The van der Waals surface area contributed by atoms with Crippen LogP contribution in [0.2, 0.25) is 0 Å². The summed E-state index contributed by atoms with van der Waals surface area (Å²) in [6.07, 6.45) is 0.830. The fraction of sp³-hybridized carbons (Fsp3) is 0.154. The van der Waals surface area contributed by atoms with Crippen LogP contribution in [0, 0.1) is 11.6 Å². The van der Waals surface area contributed by atoms with Gasteiger partial charge in [-0.25, -0.2) is 13.6 Å². The molecule has 7 nitrogen and oxygen atoms in total. The maximum atomic E-state index is 14.7. The minimum absolute atomic E-state index is 0.195. The molecule has 4 aromatic rings. The van der Waals surface area contributed by atoms with E-state index in [1.165, 1.54) is 30.0 Å². The molecule has 1 aliphatic rings. The zero-order valence-corrected chi connectivity index (χ0v) is 18.9. The summed E-state index contributed by atoms with van der Waals surface area (Å²) in [5.74, 6) is -0.898. The number of aromatic amines is 1. The molecule has 1 fully saturated rings. The molecule has 5 rings (SSSR count). The molecule has 9 heteroatoms. The Bertz CT molecular complexity index is 1350. The van der Waals surface area contributed by atoms with Gasteiger partial charge in [0, 0.05) is 29.9 Å². The summed E-state index contributed by atoms with van der Waals surface area (Å²) in [6.45, 7) is 1.88. The third-order valence-corrected chi connectivity index (χ3v) is 5.43. The molecule has 0 radical (unpaired) electrons. The fourth-order valence-electron chi connectivity index (χ4n) is 3.73. The normalized spacial score (nSPS) is 14.9. The van der Waals surface area contributed by atoms with Gasteiger partial charge in [-0.15, -0.1) is 0 Å². The number of hydrogen-bond acceptors (Lipinski definition) is 4. The highest BCUT2D eigenvalue weighted by Gasteiger charge is 2.32. The summed E-state index contributed by atoms with van der Waals surface area (Å²) in [5.41, 5.74) is 8.32. The van der Waals surface area contributed by atoms with E-state index in [9.17, 15) is 18.4 Å². The van der Waals surface area contributed by atoms with Crippen molar-refractivity contribution in [3.05, 3.63) is 84.6 Å². The Morgan fingerprint density at radius 1 is 1.14 bits per heavy atom. The summed E-state index contributed by atoms with van der Waals surface area (Å²) in [7, 11) is 0. The second-order valence-corrected chi connectivity index (χ2v) is 8.05. The van der Waals surface area contributed by atoms with E-state index in [-0.39, 0.29) is 24.8 Å². The van der Waals surface area contributed by atoms with Gasteiger partial charge in [0.1, 0.15) is 17.7 Å². The van der Waals surface area contributed by atoms with Crippen molar-refractivity contribution in [2.75, 3.05) is 23.7 Å². The average Bonchev–Trinajstić information content (AvgIpc) is 3.43. The van der Waals surface area contributed by atoms with Crippen LogP contribution in [0.4, 0.5) is 25.0 Å². The van der Waals surface area contributed by atoms with Crippen molar-refractivity contribution < 1.29 is 23.1 Å². The Kier molecular flexibility index (Phi) is 6.96. The maximum Gasteiger partial charge on any atom is 0.414 e. The maximum absolute atomic E-state index is 14.7. The van der Waals surface area contributed by atoms with Gasteiger partial charge < -0.3 is 20.8 Å². The molecule has 2 amide bonds. The van der Waals surface area contributed by atoms with E-state index in [1.807, 2.05) is 30.5 Å². The van der Waals surface area contributed by atoms with Crippen LogP contribution in [0.25, 0.3) is 22.0 Å². The molecule has 180 valence electrons. The first-order valence-corrected chi connectivity index (χ1v) is 10.9. The fourth-order valence-corrected chi connectivity index (χ4v) is 3.73. The van der Waals surface area contributed by atoms with E-state index in [0.717, 1.165) is 16.5 Å². The first-order chi connectivity index (χ1) is 16.8. The number of amides is 2. The molecule has 1 saturated heterocycles. The molecule has 3 aromatic carbocycles. The molecule has 0 bridgehead atoms. The Morgan fingerprint density at radius 3 is 2.66 bits per heavy atom. The summed E-state index contributed by atoms with van der Waals surface area (Å²) in [6, 6.07) is 18.1. The number of fused-ring (bicyclic) bond motifs is 1. The number of nitrogen functional groups attached to an aromatic ring is 1. The van der Waals surface area contributed by atoms with Gasteiger partial charge in [0.25, 0.3) is 0 Å². The largest absolute Gasteiger partial charge is 0.442 e. The Labute approximate surface area is 200 Å². The smallest absolute Gasteiger partial charge is 0.414 e. The van der Waals surface area contributed by atoms with E-state index in [0.29, 0.717) is 16.9 Å². The third-order valence-electron chi connectivity index (χ3n) is 5.43. The van der Waals surface area contributed by atoms with Crippen LogP contribution in [0.3, 0.4) is 0 Å². The van der Waals surface area contributed by atoms with Crippen molar-refractivity contribution in [1.82, 2.24) is 10.3 Å². The number of aromatic nitrogens is 1. The topological polar surface area (TPSA) is 100 Å². The van der Waals surface area contributed by atoms with Gasteiger partial charge in [0.15, 0.2) is 0 Å². The quantitative estimate of drug-likeness (QED) is 0.365. The van der Waals surface area contributed by atoms with E-state index in [1.54, 1.807) is 24.3 Å². The zero-order chi connectivity index (χ0) is 24.9. The van der Waals surface area contributed by atoms with E-state index in [2.05, 4.69) is 10.3 Å². The van der Waals surface area contributed by atoms with Crippen molar-refractivity contribution in [3.8, 4) is 11.1 Å². The molecule has 1 aromatic heterocycles. The van der Waals surface area contributed by atoms with Crippen LogP contribution < -0.4 is 16.0 Å². The van der Waals surface area contributed by atoms with Crippen LogP contribution >= 0.6 is 0 Å². The van der Waals surface area contributed by atoms with Crippen molar-refractivity contribution in [2.45, 2.75) is 13.0 Å². The van der Waals surface area contributed by atoms with Crippen molar-refractivity contribution in [3.63, 3.8) is 0 Å². The lowest BCUT2D eigenvalue weighted by Gasteiger charge is -2.14. The highest BCUT2D eigenvalue weighted by atomic mass is 19.1. The Balaban J connectivity index is 0.000000308. The first kappa shape index (κ1) is 23.7. The molecule has 1 unspecified atom stereocenters. The van der Waals surface area contributed by atoms with Crippen LogP contribution in [0.1, 0.15) is 6.92 Å². The van der Waals surface area contributed by atoms with Crippen LogP contribution in [0.5, 0.6) is 0 Å². The van der Waals surface area contributed by atoms with Crippen LogP contribution in [0.15, 0.2) is 72.9 Å². The predicted octanol–water partition coefficient (Wildman–Crippen LogP) is 4.84. The standard InChI is InChI=1S/C20H18FN3O3.C6H6FN/c1-12(25)23-10-16-11-24(20(26)27-16)15-3-4-17(18(21)9-15)13-2-5-19-14(8-13)6-7-22-19;7-5-2-1-3-6(8)4-5/h2-9,16,22H,10-11H2,1H3,(H,23,25);1-4H,8H2. The molecule has 2 heterocycles. The van der Waals surface area contributed by atoms with Gasteiger partial charge in [-0.1, -0.05) is 12.1 Å². The van der Waals surface area contributed by atoms with Gasteiger partial charge in [0.05, 0.1) is 18.8 Å². The number of ether oxygens (including phenoxy) is 1. The van der Waals surface area contributed by atoms with E-state index >= 15 is 0 Å². The Morgan fingerprint density at radius 2 is 1.97 bits per heavy atom. The van der Waals surface area contributed by atoms with Gasteiger partial charge in [-0.05, 0) is 65.5 Å². The molecule has 1 aliphatic heterocycles. The lowest BCUT2D eigenvalue weighted by molar-refractivity contribution is -0.119. The molecule has 35 heavy (non-hydrogen) atoms. The molecule has 1 atom stereocenters. The zero-order valence-electron chi connectivity index (χ0n) is 18.9. The number of nitrogens with one attached hydrogen (secondary N) is 2. The lowest BCUT2D eigenvalue weighted by Crippen LogP contribution is -2.33. The molecular formula is C26H24F2N4O3. The number of halogens is 2. The minimum atomic E-state index is -0.550. The molecule has 0 aliphatic carbocycles. The second kappa shape index (κ2) is 10.3. The number of carbonyl (C=O) groups is 2. The SMILES string of the molecule is CC(=O)NCC1CN(c2ccc(-c3ccc4[nH]ccc4c3)c(F)c2)C(=O)O1.Nc1cccc(F)c1. The summed E-state index contributed by atoms with van der Waals surface area (Å²) in [4.78, 5) is 27.6. The van der Waals surface area contributed by atoms with Gasteiger partial charge in [-0.2, -0.15) is 0 Å². The molecule has 4 N–H and O–H groups in total. The highest BCUT2D eigenvalue weighted by molar-refractivity contribution is 5.91. The number of rotatable bonds is 4. The number of nitrogens with zero attached hydrogens (tertiary/aromatic N) is 1. The number of benzene rings is 3. The number of anilines is 2. The second-order valence-electron chi connectivity index (χ2n) is 8.05. The van der Waals surface area contributed by atoms with Gasteiger partial charge in [-0.3, -0.25) is 9.69 Å². The predicted molar refractivity (Wildman–Crippen MR) is 131 cm³/mol. The van der Waals surface area contributed by atoms with Crippen LogP contribution in [-0.2, 0) is 9.53 Å².